The van der Waals surface area contributed by atoms with E-state index >= 15 is 0 Å². The van der Waals surface area contributed by atoms with E-state index in [2.05, 4.69) is 14.8 Å². The molecular weight excluding hydrogens is 402 g/mol. The quantitative estimate of drug-likeness (QED) is 0.397. The van der Waals surface area contributed by atoms with E-state index in [9.17, 15) is 18.4 Å². The van der Waals surface area contributed by atoms with E-state index in [0.29, 0.717) is 10.5 Å². The zero-order valence-corrected chi connectivity index (χ0v) is 16.7. The van der Waals surface area contributed by atoms with Gasteiger partial charge in [-0.1, -0.05) is 12.1 Å². The van der Waals surface area contributed by atoms with Crippen molar-refractivity contribution >= 4 is 23.9 Å². The zero-order valence-electron chi connectivity index (χ0n) is 15.9. The standard InChI is InChI=1S/C19H20F2N4O3S/c1-23-9-12(8-22)10-25-17(26)7-16(15(24-25)6-18(27)28-2)29-11-13-4-3-5-14(20)19(13)21/h3-5,7-9H,6,10-11,22H2,1-2H3. The number of methoxy groups -OCH3 is 1. The number of halogens is 2. The number of rotatable bonds is 8. The molecular formula is C19H20F2N4O3S. The molecule has 2 aromatic rings. The van der Waals surface area contributed by atoms with Crippen molar-refractivity contribution in [2.75, 3.05) is 14.2 Å². The summed E-state index contributed by atoms with van der Waals surface area (Å²) in [6.45, 7) is 0.0598. The Kier molecular flexibility index (Phi) is 8.08. The Labute approximate surface area is 170 Å². The highest BCUT2D eigenvalue weighted by molar-refractivity contribution is 7.98. The van der Waals surface area contributed by atoms with Crippen LogP contribution in [-0.4, -0.2) is 36.1 Å². The predicted molar refractivity (Wildman–Crippen MR) is 107 cm³/mol. The van der Waals surface area contributed by atoms with Crippen LogP contribution in [0.25, 0.3) is 0 Å². The molecule has 7 nitrogen and oxygen atoms in total. The summed E-state index contributed by atoms with van der Waals surface area (Å²) < 4.78 is 33.1. The first-order valence-electron chi connectivity index (χ1n) is 8.46. The Balaban J connectivity index is 2.37. The second-order valence-electron chi connectivity index (χ2n) is 5.83. The van der Waals surface area contributed by atoms with Crippen molar-refractivity contribution in [3.63, 3.8) is 0 Å². The van der Waals surface area contributed by atoms with Gasteiger partial charge in [-0.2, -0.15) is 5.10 Å². The number of hydrogen-bond donors (Lipinski definition) is 1. The van der Waals surface area contributed by atoms with Gasteiger partial charge in [0.15, 0.2) is 11.6 Å². The SMILES string of the molecule is CN=CC(=CN)Cn1nc(CC(=O)OC)c(SCc2cccc(F)c2F)cc1=O. The minimum absolute atomic E-state index is 0.0549. The molecule has 0 unspecified atom stereocenters. The van der Waals surface area contributed by atoms with Gasteiger partial charge in [0.05, 0.1) is 25.8 Å². The van der Waals surface area contributed by atoms with Crippen LogP contribution < -0.4 is 11.3 Å². The maximum Gasteiger partial charge on any atom is 0.311 e. The van der Waals surface area contributed by atoms with E-state index in [1.165, 1.54) is 37.7 Å². The van der Waals surface area contributed by atoms with Gasteiger partial charge in [0.25, 0.3) is 5.56 Å². The van der Waals surface area contributed by atoms with Crippen molar-refractivity contribution in [1.82, 2.24) is 9.78 Å². The van der Waals surface area contributed by atoms with Crippen LogP contribution in [0, 0.1) is 11.6 Å². The number of nitrogens with zero attached hydrogens (tertiary/aromatic N) is 3. The summed E-state index contributed by atoms with van der Waals surface area (Å²) in [6, 6.07) is 5.17. The monoisotopic (exact) mass is 422 g/mol. The molecule has 0 aliphatic rings. The number of carbonyl (C=O) groups excluding carboxylic acids is 1. The van der Waals surface area contributed by atoms with Crippen LogP contribution in [-0.2, 0) is 28.2 Å². The zero-order chi connectivity index (χ0) is 21.4. The van der Waals surface area contributed by atoms with Crippen LogP contribution in [0.2, 0.25) is 0 Å². The fourth-order valence-corrected chi connectivity index (χ4v) is 3.37. The molecule has 0 radical (unpaired) electrons. The van der Waals surface area contributed by atoms with E-state index in [4.69, 9.17) is 5.73 Å². The number of hydrogen-bond acceptors (Lipinski definition) is 7. The molecule has 10 heteroatoms. The molecule has 1 heterocycles. The van der Waals surface area contributed by atoms with E-state index in [1.54, 1.807) is 7.05 Å². The summed E-state index contributed by atoms with van der Waals surface area (Å²) in [4.78, 5) is 28.5. The Hall–Kier alpha value is -3.01. The van der Waals surface area contributed by atoms with Crippen LogP contribution in [0.4, 0.5) is 8.78 Å². The van der Waals surface area contributed by atoms with E-state index < -0.39 is 23.2 Å². The molecule has 1 aromatic carbocycles. The summed E-state index contributed by atoms with van der Waals surface area (Å²) >= 11 is 1.08. The van der Waals surface area contributed by atoms with Crippen LogP contribution in [0.1, 0.15) is 11.3 Å². The van der Waals surface area contributed by atoms with E-state index in [-0.39, 0.29) is 30.0 Å². The third kappa shape index (κ3) is 5.98. The molecule has 0 fully saturated rings. The second kappa shape index (κ2) is 10.5. The molecule has 0 saturated carbocycles. The van der Waals surface area contributed by atoms with Crippen LogP contribution in [0.5, 0.6) is 0 Å². The summed E-state index contributed by atoms with van der Waals surface area (Å²) in [5, 5.41) is 4.24. The Morgan fingerprint density at radius 2 is 2.17 bits per heavy atom. The molecule has 0 bridgehead atoms. The van der Waals surface area contributed by atoms with E-state index in [1.807, 2.05) is 0 Å². The number of allylic oxidation sites excluding steroid dienone is 1. The highest BCUT2D eigenvalue weighted by Gasteiger charge is 2.16. The number of nitrogens with two attached hydrogens (primary N) is 1. The molecule has 29 heavy (non-hydrogen) atoms. The minimum atomic E-state index is -0.954. The molecule has 2 N–H and O–H groups in total. The van der Waals surface area contributed by atoms with Gasteiger partial charge in [0, 0.05) is 47.3 Å². The normalized spacial score (nSPS) is 11.8. The summed E-state index contributed by atoms with van der Waals surface area (Å²) in [7, 11) is 2.80. The number of benzene rings is 1. The molecule has 0 atom stereocenters. The summed E-state index contributed by atoms with van der Waals surface area (Å²) in [6.07, 6.45) is 2.61. The number of thioether (sulfide) groups is 1. The number of carbonyl (C=O) groups is 1. The Bertz CT molecular complexity index is 1010. The van der Waals surface area contributed by atoms with Crippen molar-refractivity contribution < 1.29 is 18.3 Å². The van der Waals surface area contributed by atoms with Gasteiger partial charge in [-0.25, -0.2) is 13.5 Å². The highest BCUT2D eigenvalue weighted by Crippen LogP contribution is 2.26. The second-order valence-corrected chi connectivity index (χ2v) is 6.85. The lowest BCUT2D eigenvalue weighted by molar-refractivity contribution is -0.139. The molecule has 0 aliphatic carbocycles. The lowest BCUT2D eigenvalue weighted by atomic mass is 10.2. The van der Waals surface area contributed by atoms with Gasteiger partial charge in [-0.15, -0.1) is 11.8 Å². The number of ether oxygens (including phenoxy) is 1. The first kappa shape index (κ1) is 22.3. The topological polar surface area (TPSA) is 99.6 Å². The lowest BCUT2D eigenvalue weighted by Gasteiger charge is -2.12. The fourth-order valence-electron chi connectivity index (χ4n) is 2.37. The Morgan fingerprint density at radius 3 is 2.83 bits per heavy atom. The van der Waals surface area contributed by atoms with Gasteiger partial charge >= 0.3 is 5.97 Å². The van der Waals surface area contributed by atoms with Gasteiger partial charge in [-0.05, 0) is 6.07 Å². The maximum atomic E-state index is 13.9. The third-order valence-electron chi connectivity index (χ3n) is 3.83. The molecule has 1 aromatic heterocycles. The van der Waals surface area contributed by atoms with Crippen molar-refractivity contribution in [3.8, 4) is 0 Å². The number of esters is 1. The predicted octanol–water partition coefficient (Wildman–Crippen LogP) is 2.07. The molecule has 0 saturated heterocycles. The molecule has 0 aliphatic heterocycles. The van der Waals surface area contributed by atoms with Crippen molar-refractivity contribution in [1.29, 1.82) is 0 Å². The molecule has 154 valence electrons. The maximum absolute atomic E-state index is 13.9. The highest BCUT2D eigenvalue weighted by atomic mass is 32.2. The molecule has 0 amide bonds. The van der Waals surface area contributed by atoms with Gasteiger partial charge in [-0.3, -0.25) is 14.6 Å². The van der Waals surface area contributed by atoms with Crippen molar-refractivity contribution in [3.05, 3.63) is 69.3 Å². The van der Waals surface area contributed by atoms with Gasteiger partial charge in [0.1, 0.15) is 0 Å². The minimum Gasteiger partial charge on any atom is -0.469 e. The van der Waals surface area contributed by atoms with Crippen LogP contribution in [0.15, 0.2) is 50.7 Å². The number of aromatic nitrogens is 2. The lowest BCUT2D eigenvalue weighted by Crippen LogP contribution is -2.26. The average Bonchev–Trinajstić information content (AvgIpc) is 2.71. The first-order valence-corrected chi connectivity index (χ1v) is 9.44. The average molecular weight is 422 g/mol. The fraction of sp³-hybridized carbons (Fsp3) is 0.263. The van der Waals surface area contributed by atoms with Gasteiger partial charge < -0.3 is 10.5 Å². The smallest absolute Gasteiger partial charge is 0.311 e. The summed E-state index contributed by atoms with van der Waals surface area (Å²) in [5.74, 6) is -2.40. The number of aliphatic imine (C=N–C) groups is 1. The van der Waals surface area contributed by atoms with Gasteiger partial charge in [0.2, 0.25) is 0 Å². The largest absolute Gasteiger partial charge is 0.469 e. The third-order valence-corrected chi connectivity index (χ3v) is 4.95. The van der Waals surface area contributed by atoms with Crippen molar-refractivity contribution in [2.24, 2.45) is 10.7 Å². The van der Waals surface area contributed by atoms with E-state index in [0.717, 1.165) is 22.5 Å². The molecule has 2 rings (SSSR count). The first-order chi connectivity index (χ1) is 13.9. The van der Waals surface area contributed by atoms with Crippen LogP contribution >= 0.6 is 11.8 Å². The van der Waals surface area contributed by atoms with Crippen molar-refractivity contribution in [2.45, 2.75) is 23.6 Å². The van der Waals surface area contributed by atoms with Crippen LogP contribution in [0.3, 0.4) is 0 Å². The Morgan fingerprint density at radius 1 is 1.41 bits per heavy atom. The molecule has 0 spiro atoms. The summed E-state index contributed by atoms with van der Waals surface area (Å²) in [5.41, 5.74) is 6.05.